The number of anilines is 1. The molecule has 0 aliphatic rings. The second-order valence-corrected chi connectivity index (χ2v) is 5.56. The first kappa shape index (κ1) is 18.2. The molecular weight excluding hydrogens is 324 g/mol. The van der Waals surface area contributed by atoms with Crippen LogP contribution in [0.25, 0.3) is 0 Å². The van der Waals surface area contributed by atoms with E-state index in [1.54, 1.807) is 0 Å². The second kappa shape index (κ2) is 7.17. The maximum atomic E-state index is 12.2. The first-order valence-electron chi connectivity index (χ1n) is 7.90. The molecule has 0 bridgehead atoms. The third kappa shape index (κ3) is 3.10. The number of aromatic amines is 1. The molecule has 132 valence electrons. The smallest absolute Gasteiger partial charge is 0.332 e. The van der Waals surface area contributed by atoms with Crippen LogP contribution in [0.5, 0.6) is 0 Å². The quantitative estimate of drug-likeness (QED) is 0.772. The molecule has 2 rings (SSSR count). The summed E-state index contributed by atoms with van der Waals surface area (Å²) in [6.07, 6.45) is 1.29. The molecule has 0 spiro atoms. The zero-order valence-corrected chi connectivity index (χ0v) is 14.6. The van der Waals surface area contributed by atoms with Gasteiger partial charge in [0.2, 0.25) is 0 Å². The lowest BCUT2D eigenvalue weighted by molar-refractivity contribution is 0.684. The van der Waals surface area contributed by atoms with E-state index in [1.807, 2.05) is 19.9 Å². The number of hydrogen-bond donors (Lipinski definition) is 2. The lowest BCUT2D eigenvalue weighted by Gasteiger charge is -2.15. The first-order chi connectivity index (χ1) is 11.9. The summed E-state index contributed by atoms with van der Waals surface area (Å²) in [6, 6.07) is 1.82. The van der Waals surface area contributed by atoms with Gasteiger partial charge < -0.3 is 5.32 Å². The third-order valence-corrected chi connectivity index (χ3v) is 4.18. The van der Waals surface area contributed by atoms with Gasteiger partial charge in [-0.2, -0.15) is 10.4 Å². The van der Waals surface area contributed by atoms with Gasteiger partial charge in [0, 0.05) is 26.2 Å². The molecule has 0 atom stereocenters. The van der Waals surface area contributed by atoms with Gasteiger partial charge in [-0.3, -0.25) is 18.7 Å². The molecule has 2 aromatic heterocycles. The normalized spacial score (nSPS) is 10.5. The van der Waals surface area contributed by atoms with Crippen LogP contribution in [0.15, 0.2) is 14.4 Å². The molecule has 2 aromatic rings. The summed E-state index contributed by atoms with van der Waals surface area (Å²) < 4.78 is 2.05. The van der Waals surface area contributed by atoms with Gasteiger partial charge in [-0.05, 0) is 18.4 Å². The Kier molecular flexibility index (Phi) is 5.22. The van der Waals surface area contributed by atoms with Gasteiger partial charge in [0.25, 0.3) is 11.1 Å². The highest BCUT2D eigenvalue weighted by Gasteiger charge is 2.17. The van der Waals surface area contributed by atoms with Crippen LogP contribution in [0.4, 0.5) is 5.82 Å². The zero-order valence-electron chi connectivity index (χ0n) is 14.6. The molecule has 2 N–H and O–H groups in total. The second-order valence-electron chi connectivity index (χ2n) is 5.56. The minimum atomic E-state index is -0.679. The topological polar surface area (TPSA) is 126 Å². The minimum absolute atomic E-state index is 0.0726. The highest BCUT2D eigenvalue weighted by atomic mass is 16.2. The number of nitrogens with one attached hydrogen (secondary N) is 2. The fourth-order valence-corrected chi connectivity index (χ4v) is 2.79. The highest BCUT2D eigenvalue weighted by molar-refractivity contribution is 5.51. The van der Waals surface area contributed by atoms with E-state index in [9.17, 15) is 19.6 Å². The largest absolute Gasteiger partial charge is 0.366 e. The Bertz CT molecular complexity index is 1020. The van der Waals surface area contributed by atoms with Gasteiger partial charge in [-0.15, -0.1) is 0 Å². The molecule has 0 saturated carbocycles. The predicted octanol–water partition coefficient (Wildman–Crippen LogP) is -0.224. The molecule has 25 heavy (non-hydrogen) atoms. The molecule has 0 unspecified atom stereocenters. The Balaban J connectivity index is 2.55. The van der Waals surface area contributed by atoms with Crippen molar-refractivity contribution in [2.45, 2.75) is 33.2 Å². The van der Waals surface area contributed by atoms with Crippen molar-refractivity contribution in [1.82, 2.24) is 19.3 Å². The van der Waals surface area contributed by atoms with Crippen molar-refractivity contribution in [2.24, 2.45) is 14.1 Å². The summed E-state index contributed by atoms with van der Waals surface area (Å²) >= 11 is 0. The average Bonchev–Trinajstić information content (AvgIpc) is 2.62. The van der Waals surface area contributed by atoms with Crippen LogP contribution >= 0.6 is 0 Å². The monoisotopic (exact) mass is 344 g/mol. The molecular formula is C16H20N6O3. The fourth-order valence-electron chi connectivity index (χ4n) is 2.79. The number of aromatic nitrogens is 4. The molecule has 0 amide bonds. The van der Waals surface area contributed by atoms with E-state index in [2.05, 4.69) is 15.5 Å². The van der Waals surface area contributed by atoms with Crippen LogP contribution in [0, 0.1) is 11.3 Å². The molecule has 0 radical (unpaired) electrons. The molecule has 2 heterocycles. The van der Waals surface area contributed by atoms with Gasteiger partial charge in [0.05, 0.1) is 5.69 Å². The maximum Gasteiger partial charge on any atom is 0.332 e. The SMILES string of the molecule is CCc1n[nH]c(=O)c(CNc2c(C#N)c(=O)n(C)c(=O)n2C)c1CC. The van der Waals surface area contributed by atoms with Gasteiger partial charge in [0.15, 0.2) is 5.56 Å². The number of hydrogen-bond acceptors (Lipinski definition) is 6. The summed E-state index contributed by atoms with van der Waals surface area (Å²) in [6.45, 7) is 3.94. The van der Waals surface area contributed by atoms with Crippen molar-refractivity contribution < 1.29 is 0 Å². The summed E-state index contributed by atoms with van der Waals surface area (Å²) in [5, 5.41) is 18.7. The molecule has 0 aliphatic carbocycles. The Morgan fingerprint density at radius 1 is 1.12 bits per heavy atom. The van der Waals surface area contributed by atoms with Gasteiger partial charge in [0.1, 0.15) is 11.9 Å². The molecule has 0 saturated heterocycles. The van der Waals surface area contributed by atoms with Crippen LogP contribution < -0.4 is 22.1 Å². The molecule has 0 fully saturated rings. The zero-order chi connectivity index (χ0) is 18.7. The molecule has 9 nitrogen and oxygen atoms in total. The predicted molar refractivity (Wildman–Crippen MR) is 92.6 cm³/mol. The van der Waals surface area contributed by atoms with Crippen molar-refractivity contribution >= 4 is 5.82 Å². The summed E-state index contributed by atoms with van der Waals surface area (Å²) in [5.41, 5.74) is 0.342. The van der Waals surface area contributed by atoms with Gasteiger partial charge in [-0.25, -0.2) is 9.89 Å². The van der Waals surface area contributed by atoms with Crippen molar-refractivity contribution in [3.8, 4) is 6.07 Å². The molecule has 0 aliphatic heterocycles. The average molecular weight is 344 g/mol. The van der Waals surface area contributed by atoms with E-state index in [-0.39, 0.29) is 23.5 Å². The van der Waals surface area contributed by atoms with E-state index in [1.165, 1.54) is 18.7 Å². The van der Waals surface area contributed by atoms with Crippen molar-refractivity contribution in [3.63, 3.8) is 0 Å². The van der Waals surface area contributed by atoms with Crippen molar-refractivity contribution in [3.05, 3.63) is 53.6 Å². The van der Waals surface area contributed by atoms with Gasteiger partial charge >= 0.3 is 5.69 Å². The molecule has 9 heteroatoms. The number of aryl methyl sites for hydroxylation is 1. The van der Waals surface area contributed by atoms with Crippen LogP contribution in [0.3, 0.4) is 0 Å². The summed E-state index contributed by atoms with van der Waals surface area (Å²) in [4.78, 5) is 36.3. The summed E-state index contributed by atoms with van der Waals surface area (Å²) in [5.74, 6) is 0.0897. The van der Waals surface area contributed by atoms with E-state index >= 15 is 0 Å². The highest BCUT2D eigenvalue weighted by Crippen LogP contribution is 2.13. The third-order valence-electron chi connectivity index (χ3n) is 4.18. The van der Waals surface area contributed by atoms with Crippen LogP contribution in [-0.2, 0) is 33.5 Å². The minimum Gasteiger partial charge on any atom is -0.366 e. The van der Waals surface area contributed by atoms with E-state index in [0.29, 0.717) is 18.4 Å². The van der Waals surface area contributed by atoms with E-state index in [4.69, 9.17) is 0 Å². The van der Waals surface area contributed by atoms with Crippen molar-refractivity contribution in [1.29, 1.82) is 5.26 Å². The molecule has 0 aromatic carbocycles. The van der Waals surface area contributed by atoms with Crippen LogP contribution in [-0.4, -0.2) is 19.3 Å². The van der Waals surface area contributed by atoms with Crippen molar-refractivity contribution in [2.75, 3.05) is 5.32 Å². The first-order valence-corrected chi connectivity index (χ1v) is 7.90. The fraction of sp³-hybridized carbons (Fsp3) is 0.438. The Morgan fingerprint density at radius 3 is 2.36 bits per heavy atom. The Labute approximate surface area is 143 Å². The Morgan fingerprint density at radius 2 is 1.80 bits per heavy atom. The van der Waals surface area contributed by atoms with E-state index < -0.39 is 11.2 Å². The summed E-state index contributed by atoms with van der Waals surface area (Å²) in [7, 11) is 2.77. The number of rotatable bonds is 5. The number of H-pyrrole nitrogens is 1. The lowest BCUT2D eigenvalue weighted by Crippen LogP contribution is -2.40. The van der Waals surface area contributed by atoms with Crippen LogP contribution in [0.2, 0.25) is 0 Å². The van der Waals surface area contributed by atoms with E-state index in [0.717, 1.165) is 15.8 Å². The lowest BCUT2D eigenvalue weighted by atomic mass is 10.0. The Hall–Kier alpha value is -3.15. The maximum absolute atomic E-state index is 12.2. The number of nitriles is 1. The van der Waals surface area contributed by atoms with Crippen LogP contribution in [0.1, 0.15) is 36.2 Å². The number of nitrogens with zero attached hydrogens (tertiary/aromatic N) is 4. The standard InChI is InChI=1S/C16H20N6O3/c1-5-9-11(14(23)20-19-12(9)6-2)8-18-13-10(7-17)15(24)22(4)16(25)21(13)3/h18H,5-6,8H2,1-4H3,(H,20,23). The van der Waals surface area contributed by atoms with Gasteiger partial charge in [-0.1, -0.05) is 13.8 Å².